The predicted molar refractivity (Wildman–Crippen MR) is 81.8 cm³/mol. The first kappa shape index (κ1) is 16.5. The standard InChI is InChI=1S/C16H26N2O2/c1-5-17-12-14-8-10-15(11-9-14)20-13(4)16(19)18(6-2)7-3/h8-11,13,17H,5-7,12H2,1-4H3. The molecular formula is C16H26N2O2. The van der Waals surface area contributed by atoms with E-state index in [4.69, 9.17) is 4.74 Å². The van der Waals surface area contributed by atoms with E-state index in [0.717, 1.165) is 18.8 Å². The van der Waals surface area contributed by atoms with Gasteiger partial charge in [0.25, 0.3) is 5.91 Å². The zero-order chi connectivity index (χ0) is 15.0. The normalized spacial score (nSPS) is 12.0. The van der Waals surface area contributed by atoms with Gasteiger partial charge < -0.3 is 15.0 Å². The summed E-state index contributed by atoms with van der Waals surface area (Å²) in [7, 11) is 0. The van der Waals surface area contributed by atoms with Crippen molar-refractivity contribution in [2.75, 3.05) is 19.6 Å². The zero-order valence-corrected chi connectivity index (χ0v) is 13.0. The molecule has 1 amide bonds. The molecule has 0 bridgehead atoms. The van der Waals surface area contributed by atoms with Gasteiger partial charge in [-0.15, -0.1) is 0 Å². The Morgan fingerprint density at radius 3 is 2.30 bits per heavy atom. The Hall–Kier alpha value is -1.55. The fourth-order valence-corrected chi connectivity index (χ4v) is 2.00. The molecule has 0 aliphatic heterocycles. The topological polar surface area (TPSA) is 41.6 Å². The van der Waals surface area contributed by atoms with E-state index in [-0.39, 0.29) is 5.91 Å². The van der Waals surface area contributed by atoms with Crippen LogP contribution in [0.1, 0.15) is 33.3 Å². The Kier molecular flexibility index (Phi) is 7.09. The second kappa shape index (κ2) is 8.59. The quantitative estimate of drug-likeness (QED) is 0.794. The van der Waals surface area contributed by atoms with Gasteiger partial charge in [-0.25, -0.2) is 0 Å². The molecule has 0 saturated heterocycles. The minimum Gasteiger partial charge on any atom is -0.481 e. The van der Waals surface area contributed by atoms with E-state index in [9.17, 15) is 4.79 Å². The van der Waals surface area contributed by atoms with E-state index in [1.165, 1.54) is 5.56 Å². The highest BCUT2D eigenvalue weighted by Gasteiger charge is 2.19. The Morgan fingerprint density at radius 2 is 1.80 bits per heavy atom. The van der Waals surface area contributed by atoms with Gasteiger partial charge in [0.1, 0.15) is 5.75 Å². The van der Waals surface area contributed by atoms with Gasteiger partial charge in [-0.3, -0.25) is 4.79 Å². The lowest BCUT2D eigenvalue weighted by molar-refractivity contribution is -0.137. The number of rotatable bonds is 8. The van der Waals surface area contributed by atoms with Crippen molar-refractivity contribution in [3.8, 4) is 5.75 Å². The summed E-state index contributed by atoms with van der Waals surface area (Å²) >= 11 is 0. The molecule has 1 rings (SSSR count). The van der Waals surface area contributed by atoms with Crippen molar-refractivity contribution in [2.45, 2.75) is 40.3 Å². The molecule has 1 unspecified atom stereocenters. The second-order valence-corrected chi connectivity index (χ2v) is 4.69. The molecule has 0 saturated carbocycles. The number of amides is 1. The lowest BCUT2D eigenvalue weighted by atomic mass is 10.2. The summed E-state index contributed by atoms with van der Waals surface area (Å²) in [5, 5.41) is 3.27. The maximum absolute atomic E-state index is 12.1. The molecule has 112 valence electrons. The first-order valence-corrected chi connectivity index (χ1v) is 7.37. The van der Waals surface area contributed by atoms with Gasteiger partial charge in [0, 0.05) is 19.6 Å². The molecule has 4 heteroatoms. The van der Waals surface area contributed by atoms with Gasteiger partial charge in [-0.1, -0.05) is 19.1 Å². The number of hydrogen-bond donors (Lipinski definition) is 1. The summed E-state index contributed by atoms with van der Waals surface area (Å²) in [6.45, 7) is 11.1. The minimum atomic E-state index is -0.450. The first-order valence-electron chi connectivity index (χ1n) is 7.37. The van der Waals surface area contributed by atoms with Crippen LogP contribution in [0, 0.1) is 0 Å². The maximum Gasteiger partial charge on any atom is 0.263 e. The van der Waals surface area contributed by atoms with Crippen molar-refractivity contribution >= 4 is 5.91 Å². The van der Waals surface area contributed by atoms with Crippen LogP contribution in [0.25, 0.3) is 0 Å². The Balaban J connectivity index is 2.57. The van der Waals surface area contributed by atoms with Gasteiger partial charge in [-0.05, 0) is 45.0 Å². The SMILES string of the molecule is CCNCc1ccc(OC(C)C(=O)N(CC)CC)cc1. The average molecular weight is 278 g/mol. The van der Waals surface area contributed by atoms with Crippen LogP contribution >= 0.6 is 0 Å². The van der Waals surface area contributed by atoms with Crippen LogP contribution in [-0.2, 0) is 11.3 Å². The summed E-state index contributed by atoms with van der Waals surface area (Å²) in [5.41, 5.74) is 1.21. The monoisotopic (exact) mass is 278 g/mol. The largest absolute Gasteiger partial charge is 0.481 e. The third-order valence-corrected chi connectivity index (χ3v) is 3.24. The van der Waals surface area contributed by atoms with Crippen molar-refractivity contribution in [1.82, 2.24) is 10.2 Å². The van der Waals surface area contributed by atoms with E-state index >= 15 is 0 Å². The summed E-state index contributed by atoms with van der Waals surface area (Å²) in [4.78, 5) is 13.9. The number of ether oxygens (including phenoxy) is 1. The molecular weight excluding hydrogens is 252 g/mol. The fourth-order valence-electron chi connectivity index (χ4n) is 2.00. The van der Waals surface area contributed by atoms with Gasteiger partial charge >= 0.3 is 0 Å². The van der Waals surface area contributed by atoms with Gasteiger partial charge in [0.2, 0.25) is 0 Å². The Labute approximate surface area is 122 Å². The van der Waals surface area contributed by atoms with Crippen LogP contribution in [0.3, 0.4) is 0 Å². The number of nitrogens with zero attached hydrogens (tertiary/aromatic N) is 1. The summed E-state index contributed by atoms with van der Waals surface area (Å²) in [5.74, 6) is 0.769. The van der Waals surface area contributed by atoms with Crippen molar-refractivity contribution < 1.29 is 9.53 Å². The Bertz CT molecular complexity index is 399. The number of carbonyl (C=O) groups is 1. The third kappa shape index (κ3) is 4.85. The molecule has 1 aromatic carbocycles. The fraction of sp³-hybridized carbons (Fsp3) is 0.562. The molecule has 0 aromatic heterocycles. The smallest absolute Gasteiger partial charge is 0.263 e. The van der Waals surface area contributed by atoms with Gasteiger partial charge in [-0.2, -0.15) is 0 Å². The molecule has 0 aliphatic carbocycles. The summed E-state index contributed by atoms with van der Waals surface area (Å²) < 4.78 is 5.71. The molecule has 4 nitrogen and oxygen atoms in total. The van der Waals surface area contributed by atoms with Crippen molar-refractivity contribution in [3.63, 3.8) is 0 Å². The molecule has 0 spiro atoms. The second-order valence-electron chi connectivity index (χ2n) is 4.69. The predicted octanol–water partition coefficient (Wildman–Crippen LogP) is 2.43. The van der Waals surface area contributed by atoms with E-state index in [1.54, 1.807) is 11.8 Å². The summed E-state index contributed by atoms with van der Waals surface area (Å²) in [6, 6.07) is 7.87. The molecule has 1 N–H and O–H groups in total. The molecule has 0 heterocycles. The highest BCUT2D eigenvalue weighted by molar-refractivity contribution is 5.80. The summed E-state index contributed by atoms with van der Waals surface area (Å²) in [6.07, 6.45) is -0.450. The highest BCUT2D eigenvalue weighted by atomic mass is 16.5. The van der Waals surface area contributed by atoms with Crippen LogP contribution in [0.5, 0.6) is 5.75 Å². The number of benzene rings is 1. The van der Waals surface area contributed by atoms with Crippen molar-refractivity contribution in [2.24, 2.45) is 0 Å². The third-order valence-electron chi connectivity index (χ3n) is 3.24. The highest BCUT2D eigenvalue weighted by Crippen LogP contribution is 2.14. The van der Waals surface area contributed by atoms with Crippen LogP contribution < -0.4 is 10.1 Å². The molecule has 20 heavy (non-hydrogen) atoms. The zero-order valence-electron chi connectivity index (χ0n) is 13.0. The molecule has 0 radical (unpaired) electrons. The number of likely N-dealkylation sites (N-methyl/N-ethyl adjacent to an activating group) is 1. The van der Waals surface area contributed by atoms with E-state index in [1.807, 2.05) is 38.1 Å². The lowest BCUT2D eigenvalue weighted by Crippen LogP contribution is -2.40. The van der Waals surface area contributed by atoms with E-state index in [0.29, 0.717) is 13.1 Å². The van der Waals surface area contributed by atoms with E-state index in [2.05, 4.69) is 12.2 Å². The van der Waals surface area contributed by atoms with Crippen LogP contribution in [-0.4, -0.2) is 36.5 Å². The Morgan fingerprint density at radius 1 is 1.20 bits per heavy atom. The van der Waals surface area contributed by atoms with Crippen LogP contribution in [0.4, 0.5) is 0 Å². The van der Waals surface area contributed by atoms with Crippen molar-refractivity contribution in [3.05, 3.63) is 29.8 Å². The maximum atomic E-state index is 12.1. The van der Waals surface area contributed by atoms with Crippen molar-refractivity contribution in [1.29, 1.82) is 0 Å². The van der Waals surface area contributed by atoms with Crippen LogP contribution in [0.2, 0.25) is 0 Å². The average Bonchev–Trinajstić information content (AvgIpc) is 2.47. The molecule has 0 fully saturated rings. The molecule has 1 aromatic rings. The molecule has 1 atom stereocenters. The first-order chi connectivity index (χ1) is 9.62. The number of hydrogen-bond acceptors (Lipinski definition) is 3. The lowest BCUT2D eigenvalue weighted by Gasteiger charge is -2.23. The number of carbonyl (C=O) groups excluding carboxylic acids is 1. The van der Waals surface area contributed by atoms with Gasteiger partial charge in [0.15, 0.2) is 6.10 Å². The number of nitrogens with one attached hydrogen (secondary N) is 1. The van der Waals surface area contributed by atoms with Crippen LogP contribution in [0.15, 0.2) is 24.3 Å². The van der Waals surface area contributed by atoms with E-state index < -0.39 is 6.10 Å². The molecule has 0 aliphatic rings. The minimum absolute atomic E-state index is 0.0340. The van der Waals surface area contributed by atoms with Gasteiger partial charge in [0.05, 0.1) is 0 Å².